The molecule has 28 heavy (non-hydrogen) atoms. The molecule has 0 bridgehead atoms. The van der Waals surface area contributed by atoms with Gasteiger partial charge in [-0.25, -0.2) is 0 Å². The Morgan fingerprint density at radius 1 is 0.964 bits per heavy atom. The van der Waals surface area contributed by atoms with Crippen molar-refractivity contribution in [3.8, 4) is 0 Å². The van der Waals surface area contributed by atoms with Crippen LogP contribution in [0.5, 0.6) is 0 Å². The minimum Gasteiger partial charge on any atom is -0.372 e. The summed E-state index contributed by atoms with van der Waals surface area (Å²) < 4.78 is 25.0. The van der Waals surface area contributed by atoms with Crippen molar-refractivity contribution in [2.75, 3.05) is 6.54 Å². The third kappa shape index (κ3) is 5.30. The molecule has 2 aromatic carbocycles. The van der Waals surface area contributed by atoms with Crippen molar-refractivity contribution < 1.29 is 23.5 Å². The van der Waals surface area contributed by atoms with Gasteiger partial charge in [-0.05, 0) is 45.4 Å². The topological polar surface area (TPSA) is 84.9 Å². The predicted molar refractivity (Wildman–Crippen MR) is 109 cm³/mol. The normalized spacial score (nSPS) is 14.1. The lowest BCUT2D eigenvalue weighted by atomic mass is 10.1. The van der Waals surface area contributed by atoms with Gasteiger partial charge in [0.05, 0.1) is 18.8 Å². The number of rotatable bonds is 9. The van der Waals surface area contributed by atoms with Crippen molar-refractivity contribution in [2.24, 2.45) is 0 Å². The summed E-state index contributed by atoms with van der Waals surface area (Å²) in [6, 6.07) is 17.1. The molecule has 0 saturated carbocycles. The molecule has 2 N–H and O–H groups in total. The first-order valence-electron chi connectivity index (χ1n) is 9.26. The summed E-state index contributed by atoms with van der Waals surface area (Å²) in [5.41, 5.74) is 0.773. The molecule has 1 atom stereocenters. The van der Waals surface area contributed by atoms with Crippen LogP contribution in [0.25, 0.3) is 0 Å². The summed E-state index contributed by atoms with van der Waals surface area (Å²) in [5, 5.41) is 12.2. The van der Waals surface area contributed by atoms with Gasteiger partial charge >= 0.3 is 7.60 Å². The first kappa shape index (κ1) is 22.3. The Bertz CT molecular complexity index is 796. The maximum atomic E-state index is 13.8. The SMILES string of the molecule is CC(C)OP(=O)(OC(C)C)C(O)(CNC(=O)c1ccccc1)c1ccccc1. The molecule has 7 heteroatoms. The average Bonchev–Trinajstić information content (AvgIpc) is 2.65. The van der Waals surface area contributed by atoms with Crippen molar-refractivity contribution in [3.63, 3.8) is 0 Å². The predicted octanol–water partition coefficient (Wildman–Crippen LogP) is 4.30. The monoisotopic (exact) mass is 405 g/mol. The Labute approximate surface area is 166 Å². The van der Waals surface area contributed by atoms with E-state index in [1.165, 1.54) is 0 Å². The van der Waals surface area contributed by atoms with E-state index in [0.29, 0.717) is 11.1 Å². The third-order valence-corrected chi connectivity index (χ3v) is 6.64. The summed E-state index contributed by atoms with van der Waals surface area (Å²) in [7, 11) is -4.08. The lowest BCUT2D eigenvalue weighted by molar-refractivity contribution is 0.0408. The Morgan fingerprint density at radius 3 is 1.89 bits per heavy atom. The molecule has 0 fully saturated rings. The molecule has 0 aliphatic rings. The molecular formula is C21H28NO5P. The summed E-state index contributed by atoms with van der Waals surface area (Å²) >= 11 is 0. The number of hydrogen-bond donors (Lipinski definition) is 2. The molecule has 0 radical (unpaired) electrons. The van der Waals surface area contributed by atoms with Crippen LogP contribution in [0.3, 0.4) is 0 Å². The molecule has 0 aromatic heterocycles. The number of nitrogens with one attached hydrogen (secondary N) is 1. The van der Waals surface area contributed by atoms with Gasteiger partial charge in [-0.2, -0.15) is 0 Å². The Kier molecular flexibility index (Phi) is 7.55. The fourth-order valence-electron chi connectivity index (χ4n) is 2.71. The van der Waals surface area contributed by atoms with Crippen LogP contribution in [0.2, 0.25) is 0 Å². The van der Waals surface area contributed by atoms with Crippen LogP contribution in [-0.4, -0.2) is 29.8 Å². The van der Waals surface area contributed by atoms with Crippen molar-refractivity contribution in [3.05, 3.63) is 71.8 Å². The Hall–Kier alpha value is -1.98. The van der Waals surface area contributed by atoms with Gasteiger partial charge in [0.15, 0.2) is 0 Å². The van der Waals surface area contributed by atoms with Gasteiger partial charge in [-0.1, -0.05) is 48.5 Å². The van der Waals surface area contributed by atoms with Crippen LogP contribution in [0.4, 0.5) is 0 Å². The van der Waals surface area contributed by atoms with Crippen LogP contribution < -0.4 is 5.32 Å². The smallest absolute Gasteiger partial charge is 0.368 e. The second kappa shape index (κ2) is 9.48. The number of hydrogen-bond acceptors (Lipinski definition) is 5. The highest BCUT2D eigenvalue weighted by atomic mass is 31.2. The molecule has 2 rings (SSSR count). The largest absolute Gasteiger partial charge is 0.372 e. The molecule has 1 amide bonds. The maximum absolute atomic E-state index is 13.8. The van der Waals surface area contributed by atoms with E-state index in [1.54, 1.807) is 88.4 Å². The second-order valence-corrected chi connectivity index (χ2v) is 9.19. The summed E-state index contributed by atoms with van der Waals surface area (Å²) in [6.45, 7) is 6.52. The van der Waals surface area contributed by atoms with Crippen molar-refractivity contribution >= 4 is 13.5 Å². The molecule has 0 aliphatic carbocycles. The highest BCUT2D eigenvalue weighted by molar-refractivity contribution is 7.55. The fourth-order valence-corrected chi connectivity index (χ4v) is 4.96. The first-order valence-corrected chi connectivity index (χ1v) is 10.8. The van der Waals surface area contributed by atoms with Crippen molar-refractivity contribution in [2.45, 2.75) is 45.2 Å². The third-order valence-electron chi connectivity index (χ3n) is 3.92. The molecule has 1 unspecified atom stereocenters. The number of carbonyl (C=O) groups excluding carboxylic acids is 1. The van der Waals surface area contributed by atoms with E-state index in [4.69, 9.17) is 9.05 Å². The summed E-state index contributed by atoms with van der Waals surface area (Å²) in [4.78, 5) is 12.5. The zero-order valence-electron chi connectivity index (χ0n) is 16.7. The van der Waals surface area contributed by atoms with Crippen LogP contribution in [0.15, 0.2) is 60.7 Å². The lowest BCUT2D eigenvalue weighted by Crippen LogP contribution is -2.42. The molecule has 152 valence electrons. The fraction of sp³-hybridized carbons (Fsp3) is 0.381. The van der Waals surface area contributed by atoms with Gasteiger partial charge < -0.3 is 19.5 Å². The van der Waals surface area contributed by atoms with E-state index >= 15 is 0 Å². The number of carbonyl (C=O) groups is 1. The molecule has 6 nitrogen and oxygen atoms in total. The molecule has 0 heterocycles. The number of aliphatic hydroxyl groups is 1. The molecule has 0 aliphatic heterocycles. The van der Waals surface area contributed by atoms with Gasteiger partial charge in [-0.15, -0.1) is 0 Å². The molecule has 0 spiro atoms. The Morgan fingerprint density at radius 2 is 1.43 bits per heavy atom. The zero-order chi connectivity index (χ0) is 20.8. The quantitative estimate of drug-likeness (QED) is 0.608. The van der Waals surface area contributed by atoms with Gasteiger partial charge in [0, 0.05) is 5.56 Å². The number of amides is 1. The summed E-state index contributed by atoms with van der Waals surface area (Å²) in [6.07, 6.45) is -0.908. The molecule has 2 aromatic rings. The van der Waals surface area contributed by atoms with Gasteiger partial charge in [0.1, 0.15) is 0 Å². The standard InChI is InChI=1S/C21H28NO5P/c1-16(2)26-28(25,27-17(3)4)21(24,19-13-9-6-10-14-19)15-22-20(23)18-11-7-5-8-12-18/h5-14,16-17,24H,15H2,1-4H3,(H,22,23). The van der Waals surface area contributed by atoms with E-state index in [-0.39, 0.29) is 6.54 Å². The van der Waals surface area contributed by atoms with E-state index in [0.717, 1.165) is 0 Å². The highest BCUT2D eigenvalue weighted by Gasteiger charge is 2.52. The van der Waals surface area contributed by atoms with Crippen molar-refractivity contribution in [1.82, 2.24) is 5.32 Å². The van der Waals surface area contributed by atoms with E-state index < -0.39 is 31.1 Å². The van der Waals surface area contributed by atoms with Gasteiger partial charge in [-0.3, -0.25) is 9.36 Å². The van der Waals surface area contributed by atoms with Crippen LogP contribution >= 0.6 is 7.60 Å². The lowest BCUT2D eigenvalue weighted by Gasteiger charge is -2.37. The zero-order valence-corrected chi connectivity index (χ0v) is 17.6. The minimum atomic E-state index is -4.08. The maximum Gasteiger partial charge on any atom is 0.368 e. The highest BCUT2D eigenvalue weighted by Crippen LogP contribution is 2.64. The van der Waals surface area contributed by atoms with Crippen LogP contribution in [0, 0.1) is 0 Å². The van der Waals surface area contributed by atoms with Crippen LogP contribution in [-0.2, 0) is 19.0 Å². The van der Waals surface area contributed by atoms with Crippen LogP contribution in [0.1, 0.15) is 43.6 Å². The second-order valence-electron chi connectivity index (χ2n) is 7.04. The summed E-state index contributed by atoms with van der Waals surface area (Å²) in [5.74, 6) is -0.393. The van der Waals surface area contributed by atoms with Gasteiger partial charge in [0.2, 0.25) is 5.34 Å². The molecular weight excluding hydrogens is 377 g/mol. The Balaban J connectivity index is 2.41. The minimum absolute atomic E-state index is 0.332. The molecule has 0 saturated heterocycles. The van der Waals surface area contributed by atoms with E-state index in [1.807, 2.05) is 0 Å². The van der Waals surface area contributed by atoms with Crippen molar-refractivity contribution in [1.29, 1.82) is 0 Å². The van der Waals surface area contributed by atoms with E-state index in [2.05, 4.69) is 5.32 Å². The number of benzene rings is 2. The average molecular weight is 405 g/mol. The first-order chi connectivity index (χ1) is 13.2. The van der Waals surface area contributed by atoms with Gasteiger partial charge in [0.25, 0.3) is 5.91 Å². The van der Waals surface area contributed by atoms with E-state index in [9.17, 15) is 14.5 Å².